The zero-order valence-corrected chi connectivity index (χ0v) is 17.5. The minimum absolute atomic E-state index is 0.200. The lowest BCUT2D eigenvalue weighted by atomic mass is 9.74. The van der Waals surface area contributed by atoms with Gasteiger partial charge in [-0.3, -0.25) is 14.7 Å². The van der Waals surface area contributed by atoms with Crippen molar-refractivity contribution in [1.82, 2.24) is 20.0 Å². The second-order valence-corrected chi connectivity index (χ2v) is 8.76. The standard InChI is InChI=1S/C21H39N5O/c1-19(27)25-16-14-24(15-17-25)13-11-23-20(22-2)26-12-7-10-21(18-26)8-5-3-4-6-9-21/h3-18H2,1-2H3,(H,22,23). The van der Waals surface area contributed by atoms with E-state index in [9.17, 15) is 4.79 Å². The van der Waals surface area contributed by atoms with E-state index in [1.165, 1.54) is 57.9 Å². The minimum atomic E-state index is 0.200. The van der Waals surface area contributed by atoms with Crippen LogP contribution in [0.5, 0.6) is 0 Å². The van der Waals surface area contributed by atoms with E-state index < -0.39 is 0 Å². The molecule has 1 spiro atoms. The molecule has 3 fully saturated rings. The Morgan fingerprint density at radius 2 is 1.59 bits per heavy atom. The second kappa shape index (κ2) is 9.76. The average molecular weight is 378 g/mol. The van der Waals surface area contributed by atoms with Crippen LogP contribution in [0.25, 0.3) is 0 Å². The first kappa shape index (κ1) is 20.4. The summed E-state index contributed by atoms with van der Waals surface area (Å²) in [6.45, 7) is 9.61. The number of rotatable bonds is 3. The topological polar surface area (TPSA) is 51.2 Å². The van der Waals surface area contributed by atoms with Gasteiger partial charge in [-0.2, -0.15) is 0 Å². The van der Waals surface area contributed by atoms with Crippen molar-refractivity contribution in [2.45, 2.75) is 58.3 Å². The van der Waals surface area contributed by atoms with Gasteiger partial charge in [0.2, 0.25) is 5.91 Å². The number of aliphatic imine (C=N–C) groups is 1. The fraction of sp³-hybridized carbons (Fsp3) is 0.905. The van der Waals surface area contributed by atoms with Crippen molar-refractivity contribution in [1.29, 1.82) is 0 Å². The fourth-order valence-electron chi connectivity index (χ4n) is 5.22. The molecule has 27 heavy (non-hydrogen) atoms. The molecule has 3 rings (SSSR count). The number of hydrogen-bond donors (Lipinski definition) is 1. The van der Waals surface area contributed by atoms with E-state index in [2.05, 4.69) is 20.1 Å². The molecule has 2 aliphatic heterocycles. The van der Waals surface area contributed by atoms with E-state index in [1.54, 1.807) is 6.92 Å². The maximum absolute atomic E-state index is 11.4. The molecular weight excluding hydrogens is 338 g/mol. The van der Waals surface area contributed by atoms with Crippen molar-refractivity contribution in [2.75, 3.05) is 59.4 Å². The van der Waals surface area contributed by atoms with Gasteiger partial charge >= 0.3 is 0 Å². The molecule has 3 aliphatic rings. The largest absolute Gasteiger partial charge is 0.355 e. The third-order valence-electron chi connectivity index (χ3n) is 6.87. The first-order chi connectivity index (χ1) is 13.1. The SMILES string of the molecule is CN=C(NCCN1CCN(C(C)=O)CC1)N1CCCC2(CCCCCC2)C1. The van der Waals surface area contributed by atoms with E-state index in [-0.39, 0.29) is 5.91 Å². The fourth-order valence-corrected chi connectivity index (χ4v) is 5.22. The molecule has 1 aliphatic carbocycles. The van der Waals surface area contributed by atoms with E-state index in [1.807, 2.05) is 11.9 Å². The normalized spacial score (nSPS) is 24.7. The summed E-state index contributed by atoms with van der Waals surface area (Å²) in [5.41, 5.74) is 0.537. The van der Waals surface area contributed by atoms with Crippen molar-refractivity contribution in [3.63, 3.8) is 0 Å². The summed E-state index contributed by atoms with van der Waals surface area (Å²) in [5, 5.41) is 3.61. The Hall–Kier alpha value is -1.30. The Morgan fingerprint density at radius 3 is 2.22 bits per heavy atom. The lowest BCUT2D eigenvalue weighted by molar-refractivity contribution is -0.130. The van der Waals surface area contributed by atoms with Gasteiger partial charge in [-0.15, -0.1) is 0 Å². The molecule has 154 valence electrons. The molecular formula is C21H39N5O. The molecule has 6 heteroatoms. The van der Waals surface area contributed by atoms with Crippen molar-refractivity contribution in [3.8, 4) is 0 Å². The summed E-state index contributed by atoms with van der Waals surface area (Å²) in [6, 6.07) is 0. The van der Waals surface area contributed by atoms with Crippen LogP contribution < -0.4 is 5.32 Å². The molecule has 1 amide bonds. The Morgan fingerprint density at radius 1 is 0.926 bits per heavy atom. The summed E-state index contributed by atoms with van der Waals surface area (Å²) < 4.78 is 0. The third-order valence-corrected chi connectivity index (χ3v) is 6.87. The van der Waals surface area contributed by atoms with Crippen LogP contribution in [0, 0.1) is 5.41 Å². The van der Waals surface area contributed by atoms with Gasteiger partial charge in [0.15, 0.2) is 5.96 Å². The van der Waals surface area contributed by atoms with Crippen LogP contribution in [0.1, 0.15) is 58.3 Å². The van der Waals surface area contributed by atoms with E-state index >= 15 is 0 Å². The zero-order chi connectivity index (χ0) is 19.1. The van der Waals surface area contributed by atoms with Gasteiger partial charge < -0.3 is 15.1 Å². The van der Waals surface area contributed by atoms with Gasteiger partial charge in [0.1, 0.15) is 0 Å². The lowest BCUT2D eigenvalue weighted by Gasteiger charge is -2.44. The van der Waals surface area contributed by atoms with E-state index in [0.717, 1.165) is 51.8 Å². The van der Waals surface area contributed by atoms with Crippen LogP contribution in [0.3, 0.4) is 0 Å². The number of nitrogens with one attached hydrogen (secondary N) is 1. The Balaban J connectivity index is 1.44. The number of hydrogen-bond acceptors (Lipinski definition) is 3. The van der Waals surface area contributed by atoms with Gasteiger partial charge in [0.25, 0.3) is 0 Å². The number of carbonyl (C=O) groups excluding carboxylic acids is 1. The number of amides is 1. The van der Waals surface area contributed by atoms with E-state index in [4.69, 9.17) is 0 Å². The van der Waals surface area contributed by atoms with Gasteiger partial charge in [-0.25, -0.2) is 0 Å². The van der Waals surface area contributed by atoms with Crippen molar-refractivity contribution >= 4 is 11.9 Å². The van der Waals surface area contributed by atoms with Gasteiger partial charge in [0.05, 0.1) is 0 Å². The van der Waals surface area contributed by atoms with Gasteiger partial charge in [-0.1, -0.05) is 25.7 Å². The molecule has 6 nitrogen and oxygen atoms in total. The number of likely N-dealkylation sites (tertiary alicyclic amines) is 1. The maximum Gasteiger partial charge on any atom is 0.219 e. The molecule has 0 radical (unpaired) electrons. The molecule has 0 bridgehead atoms. The zero-order valence-electron chi connectivity index (χ0n) is 17.5. The van der Waals surface area contributed by atoms with Crippen LogP contribution >= 0.6 is 0 Å². The van der Waals surface area contributed by atoms with Crippen LogP contribution in [-0.4, -0.2) is 86.0 Å². The summed E-state index contributed by atoms with van der Waals surface area (Å²) in [6.07, 6.45) is 11.2. The Kier molecular flexibility index (Phi) is 7.39. The number of nitrogens with zero attached hydrogens (tertiary/aromatic N) is 4. The van der Waals surface area contributed by atoms with Crippen LogP contribution in [0.2, 0.25) is 0 Å². The highest BCUT2D eigenvalue weighted by molar-refractivity contribution is 5.80. The minimum Gasteiger partial charge on any atom is -0.355 e. The predicted molar refractivity (Wildman–Crippen MR) is 111 cm³/mol. The first-order valence-corrected chi connectivity index (χ1v) is 11.1. The first-order valence-electron chi connectivity index (χ1n) is 11.1. The van der Waals surface area contributed by atoms with Crippen LogP contribution in [0.4, 0.5) is 0 Å². The van der Waals surface area contributed by atoms with Gasteiger partial charge in [-0.05, 0) is 31.1 Å². The van der Waals surface area contributed by atoms with E-state index in [0.29, 0.717) is 5.41 Å². The quantitative estimate of drug-likeness (QED) is 0.605. The predicted octanol–water partition coefficient (Wildman–Crippen LogP) is 2.16. The Labute approximate surface area is 165 Å². The summed E-state index contributed by atoms with van der Waals surface area (Å²) >= 11 is 0. The summed E-state index contributed by atoms with van der Waals surface area (Å²) in [4.78, 5) is 22.9. The monoisotopic (exact) mass is 377 g/mol. The number of piperazine rings is 1. The van der Waals surface area contributed by atoms with Crippen LogP contribution in [0.15, 0.2) is 4.99 Å². The molecule has 1 saturated carbocycles. The number of carbonyl (C=O) groups is 1. The average Bonchev–Trinajstić information content (AvgIpc) is 2.91. The van der Waals surface area contributed by atoms with Crippen molar-refractivity contribution in [2.24, 2.45) is 10.4 Å². The third kappa shape index (κ3) is 5.59. The second-order valence-electron chi connectivity index (χ2n) is 8.76. The van der Waals surface area contributed by atoms with Gasteiger partial charge in [0, 0.05) is 66.3 Å². The Bertz CT molecular complexity index is 505. The molecule has 0 atom stereocenters. The highest BCUT2D eigenvalue weighted by Crippen LogP contribution is 2.42. The van der Waals surface area contributed by atoms with Crippen LogP contribution in [-0.2, 0) is 4.79 Å². The lowest BCUT2D eigenvalue weighted by Crippen LogP contribution is -2.53. The maximum atomic E-state index is 11.4. The summed E-state index contributed by atoms with van der Waals surface area (Å²) in [5.74, 6) is 1.28. The smallest absolute Gasteiger partial charge is 0.219 e. The molecule has 2 saturated heterocycles. The molecule has 0 aromatic heterocycles. The van der Waals surface area contributed by atoms with Crippen molar-refractivity contribution in [3.05, 3.63) is 0 Å². The number of piperidine rings is 1. The highest BCUT2D eigenvalue weighted by atomic mass is 16.2. The van der Waals surface area contributed by atoms with Crippen molar-refractivity contribution < 1.29 is 4.79 Å². The number of guanidine groups is 1. The molecule has 0 unspecified atom stereocenters. The summed E-state index contributed by atoms with van der Waals surface area (Å²) in [7, 11) is 1.92. The molecule has 0 aromatic carbocycles. The molecule has 1 N–H and O–H groups in total. The highest BCUT2D eigenvalue weighted by Gasteiger charge is 2.36. The molecule has 2 heterocycles. The molecule has 0 aromatic rings.